The van der Waals surface area contributed by atoms with Crippen LogP contribution in [0.15, 0.2) is 0 Å². The van der Waals surface area contributed by atoms with Gasteiger partial charge in [0, 0.05) is 0 Å². The van der Waals surface area contributed by atoms with Crippen LogP contribution < -0.4 is 0 Å². The molecule has 2 unspecified atom stereocenters. The molecule has 92 valence electrons. The SMILES string of the molecule is CCCCC(CC)(CC)C(C)C(C)CC. The van der Waals surface area contributed by atoms with E-state index >= 15 is 0 Å². The summed E-state index contributed by atoms with van der Waals surface area (Å²) in [5, 5.41) is 0. The molecule has 0 heterocycles. The maximum absolute atomic E-state index is 2.48. The van der Waals surface area contributed by atoms with Crippen LogP contribution >= 0.6 is 0 Å². The highest BCUT2D eigenvalue weighted by molar-refractivity contribution is 4.84. The molecule has 0 aliphatic rings. The quantitative estimate of drug-likeness (QED) is 0.486. The van der Waals surface area contributed by atoms with Crippen molar-refractivity contribution in [2.75, 3.05) is 0 Å². The summed E-state index contributed by atoms with van der Waals surface area (Å²) in [7, 11) is 0. The van der Waals surface area contributed by atoms with Crippen molar-refractivity contribution in [1.29, 1.82) is 0 Å². The maximum atomic E-state index is 2.48. The predicted octanol–water partition coefficient (Wildman–Crippen LogP) is 5.67. The predicted molar refractivity (Wildman–Crippen MR) is 71.2 cm³/mol. The summed E-state index contributed by atoms with van der Waals surface area (Å²) in [5.41, 5.74) is 0.617. The highest BCUT2D eigenvalue weighted by Gasteiger charge is 2.34. The first kappa shape index (κ1) is 15.0. The molecular formula is C15H32. The second-order valence-corrected chi connectivity index (χ2v) is 5.35. The van der Waals surface area contributed by atoms with Crippen molar-refractivity contribution in [2.24, 2.45) is 17.3 Å². The molecule has 0 radical (unpaired) electrons. The molecule has 0 aromatic rings. The number of hydrogen-bond donors (Lipinski definition) is 0. The van der Waals surface area contributed by atoms with Gasteiger partial charge in [-0.1, -0.05) is 73.6 Å². The number of rotatable bonds is 8. The molecule has 0 heteroatoms. The second-order valence-electron chi connectivity index (χ2n) is 5.35. The van der Waals surface area contributed by atoms with Crippen LogP contribution in [0.2, 0.25) is 0 Å². The van der Waals surface area contributed by atoms with Gasteiger partial charge in [-0.2, -0.15) is 0 Å². The van der Waals surface area contributed by atoms with E-state index in [-0.39, 0.29) is 0 Å². The van der Waals surface area contributed by atoms with Gasteiger partial charge in [0.25, 0.3) is 0 Å². The molecule has 0 aromatic heterocycles. The Morgan fingerprint density at radius 1 is 0.933 bits per heavy atom. The topological polar surface area (TPSA) is 0 Å². The zero-order chi connectivity index (χ0) is 11.9. The lowest BCUT2D eigenvalue weighted by Gasteiger charge is -2.41. The third-order valence-electron chi connectivity index (χ3n) is 4.90. The first-order valence-electron chi connectivity index (χ1n) is 7.07. The molecule has 0 nitrogen and oxygen atoms in total. The van der Waals surface area contributed by atoms with E-state index in [1.54, 1.807) is 0 Å². The summed E-state index contributed by atoms with van der Waals surface area (Å²) < 4.78 is 0. The fraction of sp³-hybridized carbons (Fsp3) is 1.00. The molecule has 2 atom stereocenters. The molecule has 0 aliphatic carbocycles. The van der Waals surface area contributed by atoms with Crippen LogP contribution in [0.1, 0.15) is 80.1 Å². The van der Waals surface area contributed by atoms with Crippen molar-refractivity contribution in [2.45, 2.75) is 80.1 Å². The fourth-order valence-electron chi connectivity index (χ4n) is 2.96. The third-order valence-corrected chi connectivity index (χ3v) is 4.90. The van der Waals surface area contributed by atoms with Gasteiger partial charge >= 0.3 is 0 Å². The van der Waals surface area contributed by atoms with Gasteiger partial charge in [-0.25, -0.2) is 0 Å². The van der Waals surface area contributed by atoms with E-state index in [0.29, 0.717) is 5.41 Å². The van der Waals surface area contributed by atoms with Gasteiger partial charge in [0.2, 0.25) is 0 Å². The van der Waals surface area contributed by atoms with Gasteiger partial charge in [0.05, 0.1) is 0 Å². The zero-order valence-corrected chi connectivity index (χ0v) is 11.9. The lowest BCUT2D eigenvalue weighted by molar-refractivity contribution is 0.0911. The Hall–Kier alpha value is 0. The van der Waals surface area contributed by atoms with Crippen molar-refractivity contribution < 1.29 is 0 Å². The zero-order valence-electron chi connectivity index (χ0n) is 11.9. The van der Waals surface area contributed by atoms with E-state index < -0.39 is 0 Å². The van der Waals surface area contributed by atoms with Crippen LogP contribution in [0.5, 0.6) is 0 Å². The summed E-state index contributed by atoms with van der Waals surface area (Å²) >= 11 is 0. The maximum Gasteiger partial charge on any atom is -0.0274 e. The average molecular weight is 212 g/mol. The molecule has 0 saturated heterocycles. The van der Waals surface area contributed by atoms with Crippen molar-refractivity contribution in [3.63, 3.8) is 0 Å². The van der Waals surface area contributed by atoms with E-state index in [1.165, 1.54) is 38.5 Å². The van der Waals surface area contributed by atoms with Gasteiger partial charge < -0.3 is 0 Å². The monoisotopic (exact) mass is 212 g/mol. The Labute approximate surface area is 97.8 Å². The highest BCUT2D eigenvalue weighted by Crippen LogP contribution is 2.44. The Kier molecular flexibility index (Phi) is 7.30. The van der Waals surface area contributed by atoms with Crippen LogP contribution in [0, 0.1) is 17.3 Å². The highest BCUT2D eigenvalue weighted by atomic mass is 14.4. The van der Waals surface area contributed by atoms with E-state index in [2.05, 4.69) is 41.5 Å². The molecule has 0 spiro atoms. The molecule has 15 heavy (non-hydrogen) atoms. The van der Waals surface area contributed by atoms with Crippen molar-refractivity contribution in [3.05, 3.63) is 0 Å². The lowest BCUT2D eigenvalue weighted by Crippen LogP contribution is -2.31. The van der Waals surface area contributed by atoms with Gasteiger partial charge in [-0.15, -0.1) is 0 Å². The normalized spacial score (nSPS) is 16.4. The molecule has 0 amide bonds. The Bertz CT molecular complexity index is 144. The number of hydrogen-bond acceptors (Lipinski definition) is 0. The summed E-state index contributed by atoms with van der Waals surface area (Å²) in [6, 6.07) is 0. The molecule has 0 aromatic carbocycles. The summed E-state index contributed by atoms with van der Waals surface area (Å²) in [6.45, 7) is 14.3. The Morgan fingerprint density at radius 2 is 1.47 bits per heavy atom. The summed E-state index contributed by atoms with van der Waals surface area (Å²) in [6.07, 6.45) is 8.22. The fourth-order valence-corrected chi connectivity index (χ4v) is 2.96. The van der Waals surface area contributed by atoms with Crippen LogP contribution in [0.25, 0.3) is 0 Å². The molecule has 0 aliphatic heterocycles. The molecule has 0 rings (SSSR count). The Morgan fingerprint density at radius 3 is 1.80 bits per heavy atom. The van der Waals surface area contributed by atoms with Crippen molar-refractivity contribution in [1.82, 2.24) is 0 Å². The van der Waals surface area contributed by atoms with Crippen LogP contribution in [-0.4, -0.2) is 0 Å². The number of unbranched alkanes of at least 4 members (excludes halogenated alkanes) is 1. The molecule has 0 N–H and O–H groups in total. The minimum atomic E-state index is 0.617. The summed E-state index contributed by atoms with van der Waals surface area (Å²) in [5.74, 6) is 1.76. The summed E-state index contributed by atoms with van der Waals surface area (Å²) in [4.78, 5) is 0. The van der Waals surface area contributed by atoms with Crippen molar-refractivity contribution in [3.8, 4) is 0 Å². The van der Waals surface area contributed by atoms with Crippen molar-refractivity contribution >= 4 is 0 Å². The first-order valence-corrected chi connectivity index (χ1v) is 7.07. The third kappa shape index (κ3) is 3.81. The van der Waals surface area contributed by atoms with Crippen LogP contribution in [0.4, 0.5) is 0 Å². The first-order chi connectivity index (χ1) is 7.07. The average Bonchev–Trinajstić information content (AvgIpc) is 2.29. The van der Waals surface area contributed by atoms with E-state index in [1.807, 2.05) is 0 Å². The van der Waals surface area contributed by atoms with Gasteiger partial charge in [-0.3, -0.25) is 0 Å². The van der Waals surface area contributed by atoms with Gasteiger partial charge in [0.1, 0.15) is 0 Å². The molecular weight excluding hydrogens is 180 g/mol. The van der Waals surface area contributed by atoms with Gasteiger partial charge in [0.15, 0.2) is 0 Å². The van der Waals surface area contributed by atoms with E-state index in [9.17, 15) is 0 Å². The van der Waals surface area contributed by atoms with Crippen LogP contribution in [-0.2, 0) is 0 Å². The second kappa shape index (κ2) is 7.30. The minimum Gasteiger partial charge on any atom is -0.0654 e. The smallest absolute Gasteiger partial charge is 0.0274 e. The van der Waals surface area contributed by atoms with Crippen LogP contribution in [0.3, 0.4) is 0 Å². The lowest BCUT2D eigenvalue weighted by atomic mass is 9.64. The van der Waals surface area contributed by atoms with E-state index in [4.69, 9.17) is 0 Å². The minimum absolute atomic E-state index is 0.617. The molecule has 0 bridgehead atoms. The molecule has 0 fully saturated rings. The van der Waals surface area contributed by atoms with E-state index in [0.717, 1.165) is 11.8 Å². The molecule has 0 saturated carbocycles. The standard InChI is InChI=1S/C15H32/c1-7-11-12-15(9-3,10-4)14(6)13(5)8-2/h13-14H,7-12H2,1-6H3. The Balaban J connectivity index is 4.58. The largest absolute Gasteiger partial charge is 0.0654 e. The van der Waals surface area contributed by atoms with Gasteiger partial charge in [-0.05, 0) is 23.7 Å².